The minimum Gasteiger partial charge on any atom is -0.478 e. The van der Waals surface area contributed by atoms with Crippen molar-refractivity contribution < 1.29 is 24.5 Å². The zero-order chi connectivity index (χ0) is 27.4. The summed E-state index contributed by atoms with van der Waals surface area (Å²) < 4.78 is 6.12. The molecule has 2 atom stereocenters. The summed E-state index contributed by atoms with van der Waals surface area (Å²) in [6, 6.07) is 20.2. The maximum Gasteiger partial charge on any atom is 0.337 e. The van der Waals surface area contributed by atoms with Crippen LogP contribution in [0.15, 0.2) is 66.7 Å². The number of carbonyl (C=O) groups is 2. The van der Waals surface area contributed by atoms with Gasteiger partial charge in [0, 0.05) is 16.5 Å². The zero-order valence-corrected chi connectivity index (χ0v) is 22.2. The van der Waals surface area contributed by atoms with Gasteiger partial charge in [0.1, 0.15) is 11.5 Å². The summed E-state index contributed by atoms with van der Waals surface area (Å²) in [5, 5.41) is 18.8. The molecule has 7 rings (SSSR count). The predicted molar refractivity (Wildman–Crippen MR) is 148 cm³/mol. The topological polar surface area (TPSA) is 83.8 Å². The fourth-order valence-electron chi connectivity index (χ4n) is 7.87. The van der Waals surface area contributed by atoms with Gasteiger partial charge in [0.15, 0.2) is 0 Å². The van der Waals surface area contributed by atoms with Crippen LogP contribution in [0.1, 0.15) is 83.4 Å². The Bertz CT molecular complexity index is 1490. The van der Waals surface area contributed by atoms with Crippen molar-refractivity contribution in [1.82, 2.24) is 0 Å². The molecule has 0 aromatic heterocycles. The van der Waals surface area contributed by atoms with Crippen LogP contribution in [0, 0.1) is 35.0 Å². The minimum atomic E-state index is -1.32. The SMILES string of the molecule is CC1(C)C2CC3CC(C2)CC1(c1ccc(Oc2ccc(C#Cc4cccc(C(=O)O)c4C(=O)O)cc2)cc1)C3. The lowest BCUT2D eigenvalue weighted by atomic mass is 9.38. The van der Waals surface area contributed by atoms with Crippen molar-refractivity contribution >= 4 is 11.9 Å². The standard InChI is InChI=1S/C34H32O5/c1-33(2)26-17-22-16-23(18-26)20-34(33,19-22)25-10-14-28(15-11-25)39-27-12-7-21(8-13-27)6-9-24-4-3-5-29(31(35)36)30(24)32(37)38/h3-5,7-8,10-15,22-23,26H,16-20H2,1-2H3,(H,35,36)(H,37,38). The van der Waals surface area contributed by atoms with E-state index < -0.39 is 11.9 Å². The van der Waals surface area contributed by atoms with E-state index in [1.54, 1.807) is 12.1 Å². The lowest BCUT2D eigenvalue weighted by Gasteiger charge is -2.66. The first-order valence-corrected chi connectivity index (χ1v) is 13.7. The fourth-order valence-corrected chi connectivity index (χ4v) is 7.87. The smallest absolute Gasteiger partial charge is 0.337 e. The van der Waals surface area contributed by atoms with E-state index in [1.807, 2.05) is 12.1 Å². The van der Waals surface area contributed by atoms with Crippen molar-refractivity contribution in [3.8, 4) is 23.3 Å². The van der Waals surface area contributed by atoms with E-state index in [4.69, 9.17) is 4.74 Å². The van der Waals surface area contributed by atoms with Gasteiger partial charge in [0.25, 0.3) is 0 Å². The van der Waals surface area contributed by atoms with E-state index >= 15 is 0 Å². The zero-order valence-electron chi connectivity index (χ0n) is 22.2. The molecule has 4 bridgehead atoms. The molecule has 198 valence electrons. The number of hydrogen-bond acceptors (Lipinski definition) is 3. The summed E-state index contributed by atoms with van der Waals surface area (Å²) in [5.74, 6) is 7.18. The van der Waals surface area contributed by atoms with E-state index in [0.29, 0.717) is 16.7 Å². The summed E-state index contributed by atoms with van der Waals surface area (Å²) in [5.41, 5.74) is 2.28. The first kappa shape index (κ1) is 25.2. The van der Waals surface area contributed by atoms with Gasteiger partial charge in [-0.15, -0.1) is 0 Å². The van der Waals surface area contributed by atoms with Gasteiger partial charge in [0.2, 0.25) is 0 Å². The number of aromatic carboxylic acids is 2. The van der Waals surface area contributed by atoms with Crippen molar-refractivity contribution in [2.75, 3.05) is 0 Å². The molecular weight excluding hydrogens is 488 g/mol. The number of rotatable bonds is 5. The van der Waals surface area contributed by atoms with E-state index in [9.17, 15) is 19.8 Å². The Hall–Kier alpha value is -4.04. The van der Waals surface area contributed by atoms with Gasteiger partial charge in [-0.3, -0.25) is 0 Å². The second kappa shape index (κ2) is 9.31. The molecule has 5 heteroatoms. The second-order valence-electron chi connectivity index (χ2n) is 12.1. The molecule has 0 radical (unpaired) electrons. The van der Waals surface area contributed by atoms with E-state index in [0.717, 1.165) is 23.5 Å². The molecule has 3 aromatic rings. The van der Waals surface area contributed by atoms with Crippen LogP contribution in [0.3, 0.4) is 0 Å². The van der Waals surface area contributed by atoms with Crippen LogP contribution in [0.4, 0.5) is 0 Å². The van der Waals surface area contributed by atoms with E-state index in [1.165, 1.54) is 55.9 Å². The average molecular weight is 521 g/mol. The Kier molecular flexibility index (Phi) is 6.03. The molecule has 0 aliphatic heterocycles. The van der Waals surface area contributed by atoms with Gasteiger partial charge < -0.3 is 14.9 Å². The van der Waals surface area contributed by atoms with Gasteiger partial charge in [0.05, 0.1) is 11.1 Å². The Morgan fingerprint density at radius 3 is 2.00 bits per heavy atom. The summed E-state index contributed by atoms with van der Waals surface area (Å²) in [6.07, 6.45) is 6.85. The van der Waals surface area contributed by atoms with Crippen LogP contribution in [-0.4, -0.2) is 22.2 Å². The molecular formula is C34H32O5. The molecule has 39 heavy (non-hydrogen) atoms. The number of hydrogen-bond donors (Lipinski definition) is 2. The fraction of sp³-hybridized carbons (Fsp3) is 0.353. The van der Waals surface area contributed by atoms with Gasteiger partial charge in [-0.2, -0.15) is 0 Å². The first-order valence-electron chi connectivity index (χ1n) is 13.7. The molecule has 5 nitrogen and oxygen atoms in total. The molecule has 4 aliphatic rings. The first-order chi connectivity index (χ1) is 18.7. The summed E-state index contributed by atoms with van der Waals surface area (Å²) in [7, 11) is 0. The molecule has 0 heterocycles. The van der Waals surface area contributed by atoms with Gasteiger partial charge in [-0.1, -0.05) is 43.9 Å². The van der Waals surface area contributed by atoms with E-state index in [-0.39, 0.29) is 22.1 Å². The van der Waals surface area contributed by atoms with E-state index in [2.05, 4.69) is 50.0 Å². The monoisotopic (exact) mass is 520 g/mol. The Balaban J connectivity index is 1.18. The average Bonchev–Trinajstić information content (AvgIpc) is 2.91. The maximum absolute atomic E-state index is 11.6. The summed E-state index contributed by atoms with van der Waals surface area (Å²) in [4.78, 5) is 23.0. The van der Waals surface area contributed by atoms with Crippen LogP contribution in [0.5, 0.6) is 11.5 Å². The molecule has 4 fully saturated rings. The highest BCUT2D eigenvalue weighted by atomic mass is 16.5. The molecule has 0 spiro atoms. The summed E-state index contributed by atoms with van der Waals surface area (Å²) >= 11 is 0. The largest absolute Gasteiger partial charge is 0.478 e. The second-order valence-corrected chi connectivity index (χ2v) is 12.1. The van der Waals surface area contributed by atoms with Crippen LogP contribution < -0.4 is 4.74 Å². The van der Waals surface area contributed by atoms with Crippen molar-refractivity contribution in [2.24, 2.45) is 23.2 Å². The van der Waals surface area contributed by atoms with Crippen LogP contribution >= 0.6 is 0 Å². The van der Waals surface area contributed by atoms with Crippen molar-refractivity contribution in [2.45, 2.75) is 51.4 Å². The third-order valence-corrected chi connectivity index (χ3v) is 9.78. The van der Waals surface area contributed by atoms with Gasteiger partial charge >= 0.3 is 11.9 Å². The molecule has 2 N–H and O–H groups in total. The molecule has 2 unspecified atom stereocenters. The highest BCUT2D eigenvalue weighted by Crippen LogP contribution is 2.68. The predicted octanol–water partition coefficient (Wildman–Crippen LogP) is 7.38. The third kappa shape index (κ3) is 4.29. The van der Waals surface area contributed by atoms with Gasteiger partial charge in [-0.25, -0.2) is 9.59 Å². The maximum atomic E-state index is 11.6. The van der Waals surface area contributed by atoms with Crippen LogP contribution in [-0.2, 0) is 5.41 Å². The van der Waals surface area contributed by atoms with Crippen molar-refractivity contribution in [3.05, 3.63) is 94.5 Å². The third-order valence-electron chi connectivity index (χ3n) is 9.78. The normalized spacial score (nSPS) is 25.9. The minimum absolute atomic E-state index is 0.157. The highest BCUT2D eigenvalue weighted by molar-refractivity contribution is 6.03. The number of benzene rings is 3. The number of carboxylic acids is 2. The summed E-state index contributed by atoms with van der Waals surface area (Å²) in [6.45, 7) is 4.99. The quantitative estimate of drug-likeness (QED) is 0.343. The Morgan fingerprint density at radius 2 is 1.41 bits per heavy atom. The van der Waals surface area contributed by atoms with Crippen molar-refractivity contribution in [1.29, 1.82) is 0 Å². The molecule has 0 saturated heterocycles. The highest BCUT2D eigenvalue weighted by Gasteiger charge is 2.61. The lowest BCUT2D eigenvalue weighted by Crippen LogP contribution is -2.59. The Morgan fingerprint density at radius 1 is 0.795 bits per heavy atom. The van der Waals surface area contributed by atoms with Crippen LogP contribution in [0.25, 0.3) is 0 Å². The van der Waals surface area contributed by atoms with Gasteiger partial charge in [-0.05, 0) is 109 Å². The van der Waals surface area contributed by atoms with Crippen LogP contribution in [0.2, 0.25) is 0 Å². The Labute approximate surface area is 228 Å². The van der Waals surface area contributed by atoms with Crippen molar-refractivity contribution in [3.63, 3.8) is 0 Å². The number of carboxylic acid groups (broad SMARTS) is 2. The molecule has 3 aromatic carbocycles. The lowest BCUT2D eigenvalue weighted by molar-refractivity contribution is -0.113. The molecule has 4 aliphatic carbocycles. The number of ether oxygens (including phenoxy) is 1. The molecule has 4 saturated carbocycles. The molecule has 0 amide bonds.